The monoisotopic (exact) mass is 660 g/mol. The molecule has 0 unspecified atom stereocenters. The van der Waals surface area contributed by atoms with Crippen LogP contribution in [0.5, 0.6) is 11.5 Å². The lowest BCUT2D eigenvalue weighted by Crippen LogP contribution is -2.59. The first-order valence-electron chi connectivity index (χ1n) is 14.4. The number of carbonyl (C=O) groups is 2. The second-order valence-electron chi connectivity index (χ2n) is 10.4. The van der Waals surface area contributed by atoms with Crippen molar-refractivity contribution in [1.82, 2.24) is 0 Å². The third kappa shape index (κ3) is 9.20. The second-order valence-corrected chi connectivity index (χ2v) is 10.4. The lowest BCUT2D eigenvalue weighted by atomic mass is 10.0. The van der Waals surface area contributed by atoms with Crippen LogP contribution in [0, 0.1) is 0 Å². The highest BCUT2D eigenvalue weighted by Gasteiger charge is 2.75. The van der Waals surface area contributed by atoms with Crippen LogP contribution in [0.4, 0.5) is 35.1 Å². The van der Waals surface area contributed by atoms with Crippen LogP contribution >= 0.6 is 0 Å². The number of unbranched alkanes of at least 4 members (excludes halogenated alkanes) is 5. The van der Waals surface area contributed by atoms with Crippen LogP contribution in [-0.4, -0.2) is 49.3 Å². The summed E-state index contributed by atoms with van der Waals surface area (Å²) >= 11 is 0. The van der Waals surface area contributed by atoms with Crippen molar-refractivity contribution in [2.24, 2.45) is 0 Å². The number of alkyl halides is 8. The average Bonchev–Trinajstić information content (AvgIpc) is 3.03. The van der Waals surface area contributed by atoms with Crippen molar-refractivity contribution >= 4 is 11.9 Å². The number of hydrogen-bond acceptors (Lipinski definition) is 5. The summed E-state index contributed by atoms with van der Waals surface area (Å²) in [7, 11) is 0. The molecule has 0 aliphatic rings. The van der Waals surface area contributed by atoms with Crippen LogP contribution in [0.2, 0.25) is 0 Å². The minimum absolute atomic E-state index is 0.0874. The summed E-state index contributed by atoms with van der Waals surface area (Å²) in [5, 5.41) is 0. The highest BCUT2D eigenvalue weighted by Crippen LogP contribution is 2.48. The fraction of sp³-hybridized carbons (Fsp3) is 0.394. The maximum atomic E-state index is 13.6. The number of carbonyl (C=O) groups excluding carboxylic acids is 2. The minimum atomic E-state index is -6.50. The van der Waals surface area contributed by atoms with Gasteiger partial charge >= 0.3 is 36.1 Å². The molecule has 0 aliphatic carbocycles. The molecule has 5 nitrogen and oxygen atoms in total. The molecule has 3 aromatic carbocycles. The molecule has 3 aromatic rings. The Labute approximate surface area is 260 Å². The molecule has 250 valence electrons. The Morgan fingerprint density at radius 2 is 1.13 bits per heavy atom. The maximum Gasteiger partial charge on any atom is 0.381 e. The van der Waals surface area contributed by atoms with Crippen molar-refractivity contribution in [2.75, 3.05) is 13.2 Å². The summed E-state index contributed by atoms with van der Waals surface area (Å²) in [5.74, 6) is -20.4. The van der Waals surface area contributed by atoms with E-state index >= 15 is 0 Å². The van der Waals surface area contributed by atoms with E-state index in [1.165, 1.54) is 37.8 Å². The van der Waals surface area contributed by atoms with Crippen molar-refractivity contribution in [3.63, 3.8) is 0 Å². The first-order chi connectivity index (χ1) is 21.7. The maximum absolute atomic E-state index is 13.6. The van der Waals surface area contributed by atoms with Crippen LogP contribution in [0.15, 0.2) is 72.8 Å². The molecule has 0 atom stereocenters. The van der Waals surface area contributed by atoms with Crippen molar-refractivity contribution in [3.8, 4) is 22.6 Å². The summed E-state index contributed by atoms with van der Waals surface area (Å²) in [6.45, 7) is 0.228. The van der Waals surface area contributed by atoms with Gasteiger partial charge in [0.25, 0.3) is 0 Å². The molecule has 0 N–H and O–H groups in total. The number of esters is 2. The average molecular weight is 661 g/mol. The summed E-state index contributed by atoms with van der Waals surface area (Å²) in [5.41, 5.74) is 1.39. The number of ether oxygens (including phenoxy) is 3. The second kappa shape index (κ2) is 15.9. The molecular weight excluding hydrogens is 628 g/mol. The van der Waals surface area contributed by atoms with Gasteiger partial charge in [-0.05, 0) is 66.1 Å². The van der Waals surface area contributed by atoms with Gasteiger partial charge in [0, 0.05) is 0 Å². The third-order valence-electron chi connectivity index (χ3n) is 6.91. The van der Waals surface area contributed by atoms with Gasteiger partial charge in [-0.25, -0.2) is 18.4 Å². The summed E-state index contributed by atoms with van der Waals surface area (Å²) in [6.07, 6.45) is 1.93. The fourth-order valence-corrected chi connectivity index (χ4v) is 4.15. The zero-order valence-electron chi connectivity index (χ0n) is 24.7. The van der Waals surface area contributed by atoms with E-state index in [0.29, 0.717) is 6.61 Å². The zero-order valence-corrected chi connectivity index (χ0v) is 24.7. The molecule has 0 aliphatic heterocycles. The Morgan fingerprint density at radius 1 is 0.652 bits per heavy atom. The Hall–Kier alpha value is -4.16. The predicted molar refractivity (Wildman–Crippen MR) is 153 cm³/mol. The largest absolute Gasteiger partial charge is 0.494 e. The number of rotatable bonds is 17. The first-order valence-corrected chi connectivity index (χ1v) is 14.4. The lowest BCUT2D eigenvalue weighted by Gasteiger charge is -2.31. The predicted octanol–water partition coefficient (Wildman–Crippen LogP) is 9.64. The molecule has 46 heavy (non-hydrogen) atoms. The molecule has 13 heteroatoms. The van der Waals surface area contributed by atoms with E-state index in [2.05, 4.69) is 11.7 Å². The first kappa shape index (κ1) is 36.3. The van der Waals surface area contributed by atoms with E-state index in [1.54, 1.807) is 12.1 Å². The molecule has 0 amide bonds. The normalized spacial score (nSPS) is 12.2. The van der Waals surface area contributed by atoms with Crippen molar-refractivity contribution in [2.45, 2.75) is 69.6 Å². The van der Waals surface area contributed by atoms with E-state index in [-0.39, 0.29) is 11.3 Å². The lowest BCUT2D eigenvalue weighted by molar-refractivity contribution is -0.343. The van der Waals surface area contributed by atoms with Crippen LogP contribution < -0.4 is 9.47 Å². The highest BCUT2D eigenvalue weighted by molar-refractivity contribution is 5.92. The minimum Gasteiger partial charge on any atom is -0.494 e. The van der Waals surface area contributed by atoms with Gasteiger partial charge in [-0.2, -0.15) is 26.3 Å². The standard InChI is InChI=1S/C33H32F8O5/c1-2-3-4-5-6-7-20-44-26-16-12-23(13-17-26)22-8-10-25(11-9-22)29(43)46-27-18-14-24(15-19-27)28(42)45-21-31(36,37)33(40,41)32(38,39)30(34)35/h8-19,30H,2-7,20-21H2,1H3. The third-order valence-corrected chi connectivity index (χ3v) is 6.91. The van der Waals surface area contributed by atoms with E-state index < -0.39 is 48.3 Å². The van der Waals surface area contributed by atoms with Gasteiger partial charge in [-0.3, -0.25) is 0 Å². The highest BCUT2D eigenvalue weighted by atomic mass is 19.4. The molecule has 0 saturated heterocycles. The SMILES string of the molecule is CCCCCCCCOc1ccc(-c2ccc(C(=O)Oc3ccc(C(=O)OCC(F)(F)C(F)(F)C(F)(F)C(F)F)cc3)cc2)cc1. The van der Waals surface area contributed by atoms with E-state index in [0.717, 1.165) is 54.0 Å². The molecular formula is C33H32F8O5. The van der Waals surface area contributed by atoms with Gasteiger partial charge in [0.1, 0.15) is 11.5 Å². The van der Waals surface area contributed by atoms with Crippen LogP contribution in [0.1, 0.15) is 66.2 Å². The van der Waals surface area contributed by atoms with Gasteiger partial charge < -0.3 is 14.2 Å². The van der Waals surface area contributed by atoms with Crippen molar-refractivity contribution < 1.29 is 58.9 Å². The van der Waals surface area contributed by atoms with Gasteiger partial charge in [0.05, 0.1) is 17.7 Å². The van der Waals surface area contributed by atoms with Gasteiger partial charge in [-0.15, -0.1) is 0 Å². The van der Waals surface area contributed by atoms with Gasteiger partial charge in [0.2, 0.25) is 0 Å². The molecule has 3 rings (SSSR count). The quantitative estimate of drug-likeness (QED) is 0.0625. The molecule has 0 aromatic heterocycles. The number of benzene rings is 3. The smallest absolute Gasteiger partial charge is 0.381 e. The van der Waals surface area contributed by atoms with Crippen molar-refractivity contribution in [1.29, 1.82) is 0 Å². The molecule has 0 spiro atoms. The number of halogens is 8. The fourth-order valence-electron chi connectivity index (χ4n) is 4.15. The van der Waals surface area contributed by atoms with E-state index in [1.807, 2.05) is 24.3 Å². The Bertz CT molecular complexity index is 1410. The van der Waals surface area contributed by atoms with Crippen LogP contribution in [0.25, 0.3) is 11.1 Å². The topological polar surface area (TPSA) is 61.8 Å². The Morgan fingerprint density at radius 3 is 1.70 bits per heavy atom. The molecule has 0 radical (unpaired) electrons. The molecule has 0 saturated carbocycles. The summed E-state index contributed by atoms with van der Waals surface area (Å²) in [6, 6.07) is 18.0. The number of hydrogen-bond donors (Lipinski definition) is 0. The van der Waals surface area contributed by atoms with E-state index in [9.17, 15) is 44.7 Å². The van der Waals surface area contributed by atoms with Gasteiger partial charge in [-0.1, -0.05) is 63.3 Å². The van der Waals surface area contributed by atoms with Crippen LogP contribution in [0.3, 0.4) is 0 Å². The molecule has 0 bridgehead atoms. The summed E-state index contributed by atoms with van der Waals surface area (Å²) in [4.78, 5) is 24.5. The van der Waals surface area contributed by atoms with Gasteiger partial charge in [0.15, 0.2) is 6.61 Å². The Balaban J connectivity index is 1.50. The molecule has 0 heterocycles. The zero-order chi connectivity index (χ0) is 34.0. The molecule has 0 fully saturated rings. The van der Waals surface area contributed by atoms with Crippen molar-refractivity contribution in [3.05, 3.63) is 83.9 Å². The van der Waals surface area contributed by atoms with E-state index in [4.69, 9.17) is 9.47 Å². The Kier molecular flexibility index (Phi) is 12.6. The summed E-state index contributed by atoms with van der Waals surface area (Å²) < 4.78 is 119. The van der Waals surface area contributed by atoms with Crippen LogP contribution in [-0.2, 0) is 4.74 Å².